The zero-order valence-corrected chi connectivity index (χ0v) is 12.9. The molecule has 0 aliphatic rings. The molecule has 2 aromatic carbocycles. The highest BCUT2D eigenvalue weighted by molar-refractivity contribution is 5.91. The molecule has 4 heteroatoms. The third-order valence-electron chi connectivity index (χ3n) is 3.34. The topological polar surface area (TPSA) is 58.6 Å². The predicted molar refractivity (Wildman–Crippen MR) is 87.0 cm³/mol. The van der Waals surface area contributed by atoms with E-state index in [1.165, 1.54) is 5.56 Å². The van der Waals surface area contributed by atoms with Crippen molar-refractivity contribution in [2.45, 2.75) is 26.4 Å². The zero-order chi connectivity index (χ0) is 15.9. The Hall–Kier alpha value is -2.33. The van der Waals surface area contributed by atoms with Crippen molar-refractivity contribution >= 4 is 11.6 Å². The van der Waals surface area contributed by atoms with Gasteiger partial charge in [-0.25, -0.2) is 0 Å². The number of carbonyl (C=O) groups excluding carboxylic acids is 1. The molecular formula is C18H21NO3. The number of benzene rings is 2. The molecule has 0 radical (unpaired) electrons. The lowest BCUT2D eigenvalue weighted by atomic mass is 10.0. The van der Waals surface area contributed by atoms with Crippen molar-refractivity contribution in [3.05, 3.63) is 59.7 Å². The standard InChI is InChI=1S/C18H21NO3/c1-13(2)15-5-7-16(8-6-15)19-18(21)12-22-17-9-3-14(11-20)4-10-17/h3-10,13,20H,11-12H2,1-2H3,(H,19,21). The minimum Gasteiger partial charge on any atom is -0.484 e. The summed E-state index contributed by atoms with van der Waals surface area (Å²) < 4.78 is 5.41. The van der Waals surface area contributed by atoms with Crippen molar-refractivity contribution in [3.63, 3.8) is 0 Å². The molecule has 0 saturated heterocycles. The average molecular weight is 299 g/mol. The number of ether oxygens (including phenoxy) is 1. The Morgan fingerprint density at radius 2 is 1.73 bits per heavy atom. The van der Waals surface area contributed by atoms with E-state index < -0.39 is 0 Å². The van der Waals surface area contributed by atoms with Crippen LogP contribution in [0.3, 0.4) is 0 Å². The maximum absolute atomic E-state index is 11.9. The summed E-state index contributed by atoms with van der Waals surface area (Å²) in [5.41, 5.74) is 2.80. The quantitative estimate of drug-likeness (QED) is 0.860. The molecule has 0 unspecified atom stereocenters. The second-order valence-electron chi connectivity index (χ2n) is 5.42. The number of hydrogen-bond donors (Lipinski definition) is 2. The first-order chi connectivity index (χ1) is 10.6. The summed E-state index contributed by atoms with van der Waals surface area (Å²) in [6, 6.07) is 14.8. The molecule has 2 aromatic rings. The lowest BCUT2D eigenvalue weighted by Gasteiger charge is -2.09. The largest absolute Gasteiger partial charge is 0.484 e. The van der Waals surface area contributed by atoms with Gasteiger partial charge >= 0.3 is 0 Å². The molecule has 1 amide bonds. The molecule has 4 nitrogen and oxygen atoms in total. The predicted octanol–water partition coefficient (Wildman–Crippen LogP) is 3.32. The number of carbonyl (C=O) groups is 1. The van der Waals surface area contributed by atoms with Crippen molar-refractivity contribution in [2.75, 3.05) is 11.9 Å². The maximum atomic E-state index is 11.9. The van der Waals surface area contributed by atoms with Gasteiger partial charge in [0.1, 0.15) is 5.75 Å². The van der Waals surface area contributed by atoms with Crippen molar-refractivity contribution in [2.24, 2.45) is 0 Å². The highest BCUT2D eigenvalue weighted by atomic mass is 16.5. The molecule has 0 aromatic heterocycles. The smallest absolute Gasteiger partial charge is 0.262 e. The summed E-state index contributed by atoms with van der Waals surface area (Å²) in [6.07, 6.45) is 0. The number of rotatable bonds is 6. The van der Waals surface area contributed by atoms with Gasteiger partial charge in [0.25, 0.3) is 5.91 Å². The highest BCUT2D eigenvalue weighted by Crippen LogP contribution is 2.17. The zero-order valence-electron chi connectivity index (χ0n) is 12.9. The normalized spacial score (nSPS) is 10.5. The summed E-state index contributed by atoms with van der Waals surface area (Å²) >= 11 is 0. The van der Waals surface area contributed by atoms with Gasteiger partial charge < -0.3 is 15.2 Å². The second-order valence-corrected chi connectivity index (χ2v) is 5.42. The van der Waals surface area contributed by atoms with Crippen LogP contribution < -0.4 is 10.1 Å². The number of hydrogen-bond acceptors (Lipinski definition) is 3. The molecule has 0 saturated carbocycles. The molecule has 0 aliphatic carbocycles. The second kappa shape index (κ2) is 7.61. The first kappa shape index (κ1) is 16.0. The van der Waals surface area contributed by atoms with Crippen LogP contribution in [0, 0.1) is 0 Å². The van der Waals surface area contributed by atoms with Gasteiger partial charge in [0.05, 0.1) is 6.61 Å². The van der Waals surface area contributed by atoms with Crippen LogP contribution in [-0.2, 0) is 11.4 Å². The summed E-state index contributed by atoms with van der Waals surface area (Å²) in [6.45, 7) is 4.20. The molecule has 0 bridgehead atoms. The van der Waals surface area contributed by atoms with Crippen LogP contribution in [0.15, 0.2) is 48.5 Å². The number of aliphatic hydroxyl groups excluding tert-OH is 1. The Morgan fingerprint density at radius 3 is 2.27 bits per heavy atom. The minimum absolute atomic E-state index is 0.00681. The molecule has 2 rings (SSSR count). The van der Waals surface area contributed by atoms with Gasteiger partial charge in [-0.05, 0) is 41.3 Å². The van der Waals surface area contributed by atoms with Crippen LogP contribution in [0.25, 0.3) is 0 Å². The Labute approximate surface area is 130 Å². The van der Waals surface area contributed by atoms with Gasteiger partial charge in [0.15, 0.2) is 6.61 Å². The maximum Gasteiger partial charge on any atom is 0.262 e. The lowest BCUT2D eigenvalue weighted by molar-refractivity contribution is -0.118. The summed E-state index contributed by atoms with van der Waals surface area (Å²) in [4.78, 5) is 11.9. The van der Waals surface area contributed by atoms with Gasteiger partial charge in [0.2, 0.25) is 0 Å². The van der Waals surface area contributed by atoms with E-state index in [1.807, 2.05) is 24.3 Å². The fraction of sp³-hybridized carbons (Fsp3) is 0.278. The molecule has 2 N–H and O–H groups in total. The minimum atomic E-state index is -0.205. The fourth-order valence-corrected chi connectivity index (χ4v) is 1.99. The summed E-state index contributed by atoms with van der Waals surface area (Å²) in [5.74, 6) is 0.862. The number of amides is 1. The molecule has 0 spiro atoms. The van der Waals surface area contributed by atoms with E-state index in [2.05, 4.69) is 19.2 Å². The van der Waals surface area contributed by atoms with Gasteiger partial charge in [-0.2, -0.15) is 0 Å². The van der Waals surface area contributed by atoms with Crippen LogP contribution in [0.1, 0.15) is 30.9 Å². The summed E-state index contributed by atoms with van der Waals surface area (Å²) in [7, 11) is 0. The van der Waals surface area contributed by atoms with E-state index >= 15 is 0 Å². The van der Waals surface area contributed by atoms with E-state index in [1.54, 1.807) is 24.3 Å². The van der Waals surface area contributed by atoms with Gasteiger partial charge in [-0.3, -0.25) is 4.79 Å². The van der Waals surface area contributed by atoms with Crippen molar-refractivity contribution < 1.29 is 14.6 Å². The Morgan fingerprint density at radius 1 is 1.09 bits per heavy atom. The SMILES string of the molecule is CC(C)c1ccc(NC(=O)COc2ccc(CO)cc2)cc1. The highest BCUT2D eigenvalue weighted by Gasteiger charge is 2.05. The van der Waals surface area contributed by atoms with Gasteiger partial charge in [-0.15, -0.1) is 0 Å². The molecular weight excluding hydrogens is 278 g/mol. The molecule has 22 heavy (non-hydrogen) atoms. The van der Waals surface area contributed by atoms with E-state index in [9.17, 15) is 4.79 Å². The third kappa shape index (κ3) is 4.60. The molecule has 116 valence electrons. The van der Waals surface area contributed by atoms with E-state index in [4.69, 9.17) is 9.84 Å². The third-order valence-corrected chi connectivity index (χ3v) is 3.34. The Kier molecular flexibility index (Phi) is 5.55. The van der Waals surface area contributed by atoms with Gasteiger partial charge in [0, 0.05) is 5.69 Å². The van der Waals surface area contributed by atoms with Crippen molar-refractivity contribution in [1.29, 1.82) is 0 Å². The van der Waals surface area contributed by atoms with Crippen LogP contribution in [0.4, 0.5) is 5.69 Å². The van der Waals surface area contributed by atoms with Crippen LogP contribution in [-0.4, -0.2) is 17.6 Å². The molecule has 0 fully saturated rings. The molecule has 0 heterocycles. The Bertz CT molecular complexity index is 603. The lowest BCUT2D eigenvalue weighted by Crippen LogP contribution is -2.20. The molecule has 0 atom stereocenters. The van der Waals surface area contributed by atoms with Crippen molar-refractivity contribution in [3.8, 4) is 5.75 Å². The van der Waals surface area contributed by atoms with Crippen molar-refractivity contribution in [1.82, 2.24) is 0 Å². The van der Waals surface area contributed by atoms with Crippen LogP contribution in [0.5, 0.6) is 5.75 Å². The monoisotopic (exact) mass is 299 g/mol. The summed E-state index contributed by atoms with van der Waals surface area (Å²) in [5, 5.41) is 11.8. The van der Waals surface area contributed by atoms with E-state index in [-0.39, 0.29) is 19.1 Å². The van der Waals surface area contributed by atoms with Gasteiger partial charge in [-0.1, -0.05) is 38.1 Å². The number of aliphatic hydroxyl groups is 1. The Balaban J connectivity index is 1.84. The first-order valence-corrected chi connectivity index (χ1v) is 7.31. The van der Waals surface area contributed by atoms with Crippen LogP contribution >= 0.6 is 0 Å². The van der Waals surface area contributed by atoms with E-state index in [0.717, 1.165) is 11.3 Å². The number of anilines is 1. The first-order valence-electron chi connectivity index (χ1n) is 7.31. The number of nitrogens with one attached hydrogen (secondary N) is 1. The average Bonchev–Trinajstić information content (AvgIpc) is 2.54. The fourth-order valence-electron chi connectivity index (χ4n) is 1.99. The van der Waals surface area contributed by atoms with E-state index in [0.29, 0.717) is 11.7 Å². The molecule has 0 aliphatic heterocycles. The van der Waals surface area contributed by atoms with Crippen LogP contribution in [0.2, 0.25) is 0 Å².